The zero-order valence-electron chi connectivity index (χ0n) is 17.8. The van der Waals surface area contributed by atoms with Crippen molar-refractivity contribution in [1.29, 1.82) is 0 Å². The molecular weight excluding hydrogens is 464 g/mol. The molecule has 4 rings (SSSR count). The number of aromatic nitrogens is 2. The van der Waals surface area contributed by atoms with E-state index in [1.807, 2.05) is 0 Å². The molecule has 33 heavy (non-hydrogen) atoms. The average molecular weight is 487 g/mol. The Morgan fingerprint density at radius 2 is 1.94 bits per heavy atom. The van der Waals surface area contributed by atoms with E-state index in [1.165, 1.54) is 11.0 Å². The van der Waals surface area contributed by atoms with Gasteiger partial charge in [0.25, 0.3) is 5.91 Å². The SMILES string of the molecule is C[C@@H](Nc1nc(Cl)nc2c1CN(C(=O)C1(F)CCNCC1)C2)c1cc(N)cc(C(F)(F)F)c1. The molecule has 2 aromatic rings. The van der Waals surface area contributed by atoms with E-state index >= 15 is 4.39 Å². The van der Waals surface area contributed by atoms with Crippen LogP contribution in [0.4, 0.5) is 29.1 Å². The number of alkyl halides is 4. The van der Waals surface area contributed by atoms with Gasteiger partial charge in [-0.2, -0.15) is 13.2 Å². The topological polar surface area (TPSA) is 96.2 Å². The van der Waals surface area contributed by atoms with Crippen LogP contribution in [-0.4, -0.2) is 39.5 Å². The van der Waals surface area contributed by atoms with E-state index in [-0.39, 0.29) is 42.7 Å². The van der Waals surface area contributed by atoms with Crippen LogP contribution < -0.4 is 16.4 Å². The van der Waals surface area contributed by atoms with Gasteiger partial charge < -0.3 is 21.3 Å². The summed E-state index contributed by atoms with van der Waals surface area (Å²) in [6.45, 7) is 2.64. The van der Waals surface area contributed by atoms with Gasteiger partial charge in [0.2, 0.25) is 5.28 Å². The summed E-state index contributed by atoms with van der Waals surface area (Å²) in [7, 11) is 0. The number of nitrogens with two attached hydrogens (primary N) is 1. The molecule has 0 spiro atoms. The van der Waals surface area contributed by atoms with Crippen LogP contribution in [0.5, 0.6) is 0 Å². The molecule has 1 atom stereocenters. The van der Waals surface area contributed by atoms with Gasteiger partial charge in [0, 0.05) is 24.1 Å². The van der Waals surface area contributed by atoms with Crippen LogP contribution >= 0.6 is 11.6 Å². The summed E-state index contributed by atoms with van der Waals surface area (Å²) >= 11 is 6.05. The molecule has 12 heteroatoms. The molecule has 178 valence electrons. The fraction of sp³-hybridized carbons (Fsp3) is 0.476. The van der Waals surface area contributed by atoms with E-state index in [4.69, 9.17) is 17.3 Å². The molecule has 1 fully saturated rings. The van der Waals surface area contributed by atoms with Gasteiger partial charge in [-0.3, -0.25) is 4.79 Å². The van der Waals surface area contributed by atoms with Crippen molar-refractivity contribution in [2.45, 2.75) is 50.7 Å². The number of hydrogen-bond acceptors (Lipinski definition) is 6. The van der Waals surface area contributed by atoms with Gasteiger partial charge in [0.15, 0.2) is 5.67 Å². The number of benzene rings is 1. The lowest BCUT2D eigenvalue weighted by Gasteiger charge is -2.32. The number of nitrogen functional groups attached to an aromatic ring is 1. The van der Waals surface area contributed by atoms with Crippen molar-refractivity contribution in [3.8, 4) is 0 Å². The Morgan fingerprint density at radius 3 is 2.61 bits per heavy atom. The van der Waals surface area contributed by atoms with E-state index < -0.39 is 29.4 Å². The molecule has 0 bridgehead atoms. The highest BCUT2D eigenvalue weighted by molar-refractivity contribution is 6.28. The Hall–Kier alpha value is -2.66. The van der Waals surface area contributed by atoms with Crippen molar-refractivity contribution in [3.05, 3.63) is 45.9 Å². The largest absolute Gasteiger partial charge is 0.416 e. The number of rotatable bonds is 4. The third kappa shape index (κ3) is 4.84. The Labute approximate surface area is 192 Å². The number of fused-ring (bicyclic) bond motifs is 1. The molecule has 3 heterocycles. The molecule has 4 N–H and O–H groups in total. The van der Waals surface area contributed by atoms with E-state index in [2.05, 4.69) is 20.6 Å². The van der Waals surface area contributed by atoms with Crippen LogP contribution in [0.3, 0.4) is 0 Å². The molecule has 0 radical (unpaired) electrons. The maximum Gasteiger partial charge on any atom is 0.416 e. The predicted molar refractivity (Wildman–Crippen MR) is 115 cm³/mol. The first-order valence-electron chi connectivity index (χ1n) is 10.4. The minimum Gasteiger partial charge on any atom is -0.399 e. The molecule has 0 saturated carbocycles. The highest BCUT2D eigenvalue weighted by atomic mass is 35.5. The van der Waals surface area contributed by atoms with Crippen molar-refractivity contribution in [2.24, 2.45) is 0 Å². The Kier molecular flexibility index (Phi) is 6.12. The molecule has 1 saturated heterocycles. The second kappa shape index (κ2) is 8.60. The lowest BCUT2D eigenvalue weighted by molar-refractivity contribution is -0.146. The summed E-state index contributed by atoms with van der Waals surface area (Å²) in [5, 5.41) is 6.00. The summed E-state index contributed by atoms with van der Waals surface area (Å²) < 4.78 is 54.8. The molecule has 2 aliphatic rings. The minimum atomic E-state index is -4.54. The summed E-state index contributed by atoms with van der Waals surface area (Å²) in [5.41, 5.74) is 4.18. The number of anilines is 2. The maximum atomic E-state index is 15.2. The molecule has 2 aliphatic heterocycles. The zero-order chi connectivity index (χ0) is 24.0. The van der Waals surface area contributed by atoms with E-state index in [0.29, 0.717) is 29.9 Å². The van der Waals surface area contributed by atoms with Crippen LogP contribution in [0.2, 0.25) is 5.28 Å². The van der Waals surface area contributed by atoms with Crippen LogP contribution in [0.25, 0.3) is 0 Å². The molecule has 1 aromatic carbocycles. The number of carbonyl (C=O) groups excluding carboxylic acids is 1. The lowest BCUT2D eigenvalue weighted by Crippen LogP contribution is -2.50. The number of piperidine rings is 1. The second-order valence-corrected chi connectivity index (χ2v) is 8.73. The van der Waals surface area contributed by atoms with E-state index in [9.17, 15) is 18.0 Å². The smallest absolute Gasteiger partial charge is 0.399 e. The van der Waals surface area contributed by atoms with Gasteiger partial charge in [-0.25, -0.2) is 14.4 Å². The molecular formula is C21H23ClF4N6O. The highest BCUT2D eigenvalue weighted by Gasteiger charge is 2.44. The highest BCUT2D eigenvalue weighted by Crippen LogP contribution is 2.36. The first-order chi connectivity index (χ1) is 15.5. The third-order valence-electron chi connectivity index (χ3n) is 5.98. The first kappa shape index (κ1) is 23.5. The van der Waals surface area contributed by atoms with Gasteiger partial charge in [0.05, 0.1) is 30.4 Å². The van der Waals surface area contributed by atoms with Crippen molar-refractivity contribution < 1.29 is 22.4 Å². The van der Waals surface area contributed by atoms with Crippen LogP contribution in [0.1, 0.15) is 48.2 Å². The number of halogens is 5. The van der Waals surface area contributed by atoms with Crippen LogP contribution in [-0.2, 0) is 24.1 Å². The first-order valence-corrected chi connectivity index (χ1v) is 10.8. The normalized spacial score (nSPS) is 18.7. The quantitative estimate of drug-likeness (QED) is 0.345. The number of carbonyl (C=O) groups is 1. The van der Waals surface area contributed by atoms with Crippen molar-refractivity contribution in [1.82, 2.24) is 20.2 Å². The van der Waals surface area contributed by atoms with Gasteiger partial charge in [-0.15, -0.1) is 0 Å². The third-order valence-corrected chi connectivity index (χ3v) is 6.15. The van der Waals surface area contributed by atoms with Crippen LogP contribution in [0, 0.1) is 0 Å². The summed E-state index contributed by atoms with van der Waals surface area (Å²) in [4.78, 5) is 22.6. The summed E-state index contributed by atoms with van der Waals surface area (Å²) in [5.74, 6) is -0.329. The Morgan fingerprint density at radius 1 is 1.24 bits per heavy atom. The van der Waals surface area contributed by atoms with Crippen molar-refractivity contribution in [3.63, 3.8) is 0 Å². The molecule has 0 unspecified atom stereocenters. The fourth-order valence-corrected chi connectivity index (χ4v) is 4.37. The van der Waals surface area contributed by atoms with Gasteiger partial charge >= 0.3 is 6.18 Å². The van der Waals surface area contributed by atoms with E-state index in [1.54, 1.807) is 6.92 Å². The molecule has 7 nitrogen and oxygen atoms in total. The number of amides is 1. The molecule has 1 aromatic heterocycles. The number of hydrogen-bond donors (Lipinski definition) is 3. The number of nitrogens with zero attached hydrogens (tertiary/aromatic N) is 3. The van der Waals surface area contributed by atoms with Gasteiger partial charge in [-0.05, 0) is 55.4 Å². The molecule has 1 amide bonds. The van der Waals surface area contributed by atoms with Crippen molar-refractivity contribution >= 4 is 29.0 Å². The van der Waals surface area contributed by atoms with Crippen LogP contribution in [0.15, 0.2) is 18.2 Å². The van der Waals surface area contributed by atoms with Gasteiger partial charge in [0.1, 0.15) is 5.82 Å². The standard InChI is InChI=1S/C21H23ClF4N6O/c1-11(12-6-13(21(24,25)26)8-14(27)7-12)29-17-15-9-32(10-16(15)30-19(22)31-17)18(33)20(23)2-4-28-5-3-20/h6-8,11,28H,2-5,9-10,27H2,1H3,(H,29,30,31)/t11-/m1/s1. The summed E-state index contributed by atoms with van der Waals surface area (Å²) in [6, 6.07) is 2.70. The maximum absolute atomic E-state index is 15.2. The summed E-state index contributed by atoms with van der Waals surface area (Å²) in [6.07, 6.45) is -4.37. The van der Waals surface area contributed by atoms with Crippen molar-refractivity contribution in [2.75, 3.05) is 24.1 Å². The Bertz CT molecular complexity index is 1070. The Balaban J connectivity index is 1.57. The van der Waals surface area contributed by atoms with Gasteiger partial charge in [-0.1, -0.05) is 0 Å². The average Bonchev–Trinajstić information content (AvgIpc) is 3.16. The predicted octanol–water partition coefficient (Wildman–Crippen LogP) is 3.84. The fourth-order valence-electron chi connectivity index (χ4n) is 4.19. The second-order valence-electron chi connectivity index (χ2n) is 8.40. The molecule has 0 aliphatic carbocycles. The lowest BCUT2D eigenvalue weighted by atomic mass is 9.93. The van der Waals surface area contributed by atoms with E-state index in [0.717, 1.165) is 12.1 Å². The minimum absolute atomic E-state index is 0.0218. The monoisotopic (exact) mass is 486 g/mol. The number of nitrogens with one attached hydrogen (secondary N) is 2. The zero-order valence-corrected chi connectivity index (χ0v) is 18.5.